The van der Waals surface area contributed by atoms with E-state index >= 15 is 0 Å². The standard InChI is InChI=1S/C10H22N2O2/c1-5-9(11)10(13)12(8(2)3)6-7-14-4/h8-9H,5-7,11H2,1-4H3. The van der Waals surface area contributed by atoms with Gasteiger partial charge in [-0.1, -0.05) is 6.92 Å². The molecule has 0 aromatic heterocycles. The minimum atomic E-state index is -0.380. The van der Waals surface area contributed by atoms with Crippen molar-refractivity contribution in [2.45, 2.75) is 39.3 Å². The first-order chi connectivity index (χ1) is 6.54. The Balaban J connectivity index is 4.25. The highest BCUT2D eigenvalue weighted by Gasteiger charge is 2.21. The summed E-state index contributed by atoms with van der Waals surface area (Å²) in [6.45, 7) is 7.05. The Hall–Kier alpha value is -0.610. The molecule has 0 spiro atoms. The summed E-state index contributed by atoms with van der Waals surface area (Å²) < 4.78 is 4.95. The Morgan fingerprint density at radius 2 is 2.07 bits per heavy atom. The molecule has 14 heavy (non-hydrogen) atoms. The predicted molar refractivity (Wildman–Crippen MR) is 57.0 cm³/mol. The smallest absolute Gasteiger partial charge is 0.239 e. The van der Waals surface area contributed by atoms with E-state index in [0.29, 0.717) is 19.6 Å². The minimum Gasteiger partial charge on any atom is -0.383 e. The quantitative estimate of drug-likeness (QED) is 0.686. The zero-order valence-electron chi connectivity index (χ0n) is 9.62. The van der Waals surface area contributed by atoms with Crippen LogP contribution in [0, 0.1) is 0 Å². The van der Waals surface area contributed by atoms with Crippen LogP contribution in [0.3, 0.4) is 0 Å². The average Bonchev–Trinajstić information content (AvgIpc) is 2.16. The summed E-state index contributed by atoms with van der Waals surface area (Å²) in [4.78, 5) is 13.5. The summed E-state index contributed by atoms with van der Waals surface area (Å²) in [7, 11) is 1.63. The molecule has 2 N–H and O–H groups in total. The maximum atomic E-state index is 11.8. The minimum absolute atomic E-state index is 0.0135. The first-order valence-electron chi connectivity index (χ1n) is 5.09. The summed E-state index contributed by atoms with van der Waals surface area (Å²) in [6.07, 6.45) is 0.676. The summed E-state index contributed by atoms with van der Waals surface area (Å²) in [5.74, 6) is 0.0135. The number of ether oxygens (including phenoxy) is 1. The fraction of sp³-hybridized carbons (Fsp3) is 0.900. The highest BCUT2D eigenvalue weighted by molar-refractivity contribution is 5.81. The number of nitrogens with two attached hydrogens (primary N) is 1. The molecule has 0 fully saturated rings. The van der Waals surface area contributed by atoms with Gasteiger partial charge in [0.05, 0.1) is 12.6 Å². The Morgan fingerprint density at radius 1 is 1.50 bits per heavy atom. The third kappa shape index (κ3) is 4.07. The summed E-state index contributed by atoms with van der Waals surface area (Å²) in [5.41, 5.74) is 5.69. The molecule has 0 aliphatic rings. The molecule has 0 aliphatic heterocycles. The molecule has 1 atom stereocenters. The molecule has 0 radical (unpaired) electrons. The van der Waals surface area contributed by atoms with Crippen molar-refractivity contribution in [3.05, 3.63) is 0 Å². The monoisotopic (exact) mass is 202 g/mol. The number of methoxy groups -OCH3 is 1. The second-order valence-electron chi connectivity index (χ2n) is 3.63. The Labute approximate surface area is 86.4 Å². The van der Waals surface area contributed by atoms with Gasteiger partial charge in [0, 0.05) is 19.7 Å². The number of carbonyl (C=O) groups is 1. The van der Waals surface area contributed by atoms with E-state index < -0.39 is 0 Å². The van der Waals surface area contributed by atoms with Gasteiger partial charge in [-0.3, -0.25) is 4.79 Å². The van der Waals surface area contributed by atoms with Gasteiger partial charge < -0.3 is 15.4 Å². The zero-order valence-corrected chi connectivity index (χ0v) is 9.62. The van der Waals surface area contributed by atoms with Crippen LogP contribution in [0.2, 0.25) is 0 Å². The van der Waals surface area contributed by atoms with Gasteiger partial charge >= 0.3 is 0 Å². The van der Waals surface area contributed by atoms with Crippen molar-refractivity contribution in [2.75, 3.05) is 20.3 Å². The number of hydrogen-bond donors (Lipinski definition) is 1. The summed E-state index contributed by atoms with van der Waals surface area (Å²) in [5, 5.41) is 0. The molecule has 0 saturated heterocycles. The van der Waals surface area contributed by atoms with Crippen LogP contribution < -0.4 is 5.73 Å². The van der Waals surface area contributed by atoms with Crippen molar-refractivity contribution >= 4 is 5.91 Å². The van der Waals surface area contributed by atoms with Crippen molar-refractivity contribution in [1.29, 1.82) is 0 Å². The van der Waals surface area contributed by atoms with Gasteiger partial charge in [-0.2, -0.15) is 0 Å². The SMILES string of the molecule is CCC(N)C(=O)N(CCOC)C(C)C. The van der Waals surface area contributed by atoms with Gasteiger partial charge in [0.1, 0.15) is 0 Å². The third-order valence-corrected chi connectivity index (χ3v) is 2.20. The van der Waals surface area contributed by atoms with Crippen molar-refractivity contribution < 1.29 is 9.53 Å². The van der Waals surface area contributed by atoms with Crippen LogP contribution >= 0.6 is 0 Å². The summed E-state index contributed by atoms with van der Waals surface area (Å²) >= 11 is 0. The molecule has 84 valence electrons. The van der Waals surface area contributed by atoms with Crippen molar-refractivity contribution in [3.63, 3.8) is 0 Å². The molecule has 0 bridgehead atoms. The van der Waals surface area contributed by atoms with Gasteiger partial charge in [0.2, 0.25) is 5.91 Å². The van der Waals surface area contributed by atoms with Crippen molar-refractivity contribution in [3.8, 4) is 0 Å². The lowest BCUT2D eigenvalue weighted by atomic mass is 10.2. The fourth-order valence-electron chi connectivity index (χ4n) is 1.20. The number of hydrogen-bond acceptors (Lipinski definition) is 3. The predicted octanol–water partition coefficient (Wildman–Crippen LogP) is 0.607. The second kappa shape index (κ2) is 6.79. The normalized spacial score (nSPS) is 13.0. The van der Waals surface area contributed by atoms with E-state index in [1.165, 1.54) is 0 Å². The van der Waals surface area contributed by atoms with Crippen LogP contribution in [0.15, 0.2) is 0 Å². The van der Waals surface area contributed by atoms with Gasteiger partial charge in [0.15, 0.2) is 0 Å². The van der Waals surface area contributed by atoms with Crippen LogP contribution in [0.1, 0.15) is 27.2 Å². The van der Waals surface area contributed by atoms with Gasteiger partial charge in [-0.25, -0.2) is 0 Å². The van der Waals surface area contributed by atoms with E-state index in [2.05, 4.69) is 0 Å². The maximum absolute atomic E-state index is 11.8. The highest BCUT2D eigenvalue weighted by atomic mass is 16.5. The second-order valence-corrected chi connectivity index (χ2v) is 3.63. The van der Waals surface area contributed by atoms with E-state index in [1.807, 2.05) is 20.8 Å². The molecule has 4 heteroatoms. The van der Waals surface area contributed by atoms with E-state index in [1.54, 1.807) is 12.0 Å². The summed E-state index contributed by atoms with van der Waals surface area (Å²) in [6, 6.07) is -0.204. The van der Waals surface area contributed by atoms with Gasteiger partial charge in [0.25, 0.3) is 0 Å². The molecule has 0 aromatic carbocycles. The highest BCUT2D eigenvalue weighted by Crippen LogP contribution is 2.02. The van der Waals surface area contributed by atoms with Crippen molar-refractivity contribution in [1.82, 2.24) is 4.90 Å². The van der Waals surface area contributed by atoms with Crippen molar-refractivity contribution in [2.24, 2.45) is 5.73 Å². The Bertz CT molecular complexity index is 172. The molecule has 1 amide bonds. The molecule has 0 aliphatic carbocycles. The third-order valence-electron chi connectivity index (χ3n) is 2.20. The molecule has 0 saturated carbocycles. The molecular weight excluding hydrogens is 180 g/mol. The molecule has 4 nitrogen and oxygen atoms in total. The van der Waals surface area contributed by atoms with Crippen LogP contribution in [0.25, 0.3) is 0 Å². The van der Waals surface area contributed by atoms with Gasteiger partial charge in [-0.15, -0.1) is 0 Å². The van der Waals surface area contributed by atoms with E-state index in [-0.39, 0.29) is 18.0 Å². The maximum Gasteiger partial charge on any atom is 0.239 e. The fourth-order valence-corrected chi connectivity index (χ4v) is 1.20. The van der Waals surface area contributed by atoms with Crippen LogP contribution in [-0.2, 0) is 9.53 Å². The van der Waals surface area contributed by atoms with Crippen LogP contribution in [0.4, 0.5) is 0 Å². The molecular formula is C10H22N2O2. The number of amides is 1. The first-order valence-corrected chi connectivity index (χ1v) is 5.09. The van der Waals surface area contributed by atoms with E-state index in [0.717, 1.165) is 0 Å². The number of nitrogens with zero attached hydrogens (tertiary/aromatic N) is 1. The van der Waals surface area contributed by atoms with Crippen LogP contribution in [-0.4, -0.2) is 43.2 Å². The van der Waals surface area contributed by atoms with Crippen LogP contribution in [0.5, 0.6) is 0 Å². The lowest BCUT2D eigenvalue weighted by Gasteiger charge is -2.28. The van der Waals surface area contributed by atoms with E-state index in [9.17, 15) is 4.79 Å². The molecule has 0 heterocycles. The topological polar surface area (TPSA) is 55.6 Å². The van der Waals surface area contributed by atoms with Gasteiger partial charge in [-0.05, 0) is 20.3 Å². The van der Waals surface area contributed by atoms with E-state index in [4.69, 9.17) is 10.5 Å². The average molecular weight is 202 g/mol. The first kappa shape index (κ1) is 13.4. The Morgan fingerprint density at radius 3 is 2.43 bits per heavy atom. The lowest BCUT2D eigenvalue weighted by Crippen LogP contribution is -2.47. The Kier molecular flexibility index (Phi) is 6.49. The number of carbonyl (C=O) groups excluding carboxylic acids is 1. The molecule has 0 rings (SSSR count). The molecule has 1 unspecified atom stereocenters. The molecule has 0 aromatic rings. The largest absolute Gasteiger partial charge is 0.383 e. The number of rotatable bonds is 6. The zero-order chi connectivity index (χ0) is 11.1. The lowest BCUT2D eigenvalue weighted by molar-refractivity contribution is -0.135.